The Kier molecular flexibility index (Phi) is 5.10. The molecule has 1 amide bonds. The van der Waals surface area contributed by atoms with Crippen LogP contribution in [0.1, 0.15) is 28.8 Å². The molecule has 0 radical (unpaired) electrons. The molecule has 0 saturated carbocycles. The molecule has 2 heterocycles. The third-order valence-electron chi connectivity index (χ3n) is 5.63. The van der Waals surface area contributed by atoms with Crippen LogP contribution in [-0.2, 0) is 6.42 Å². The van der Waals surface area contributed by atoms with Crippen molar-refractivity contribution in [3.63, 3.8) is 0 Å². The van der Waals surface area contributed by atoms with Gasteiger partial charge in [-0.2, -0.15) is 0 Å². The molecule has 0 spiro atoms. The fourth-order valence-electron chi connectivity index (χ4n) is 3.85. The molecule has 0 unspecified atom stereocenters. The van der Waals surface area contributed by atoms with Gasteiger partial charge in [0.05, 0.1) is 17.1 Å². The summed E-state index contributed by atoms with van der Waals surface area (Å²) in [4.78, 5) is 25.2. The highest BCUT2D eigenvalue weighted by Crippen LogP contribution is 2.29. The van der Waals surface area contributed by atoms with E-state index in [1.54, 1.807) is 29.2 Å². The highest BCUT2D eigenvalue weighted by Gasteiger charge is 2.34. The molecule has 1 fully saturated rings. The summed E-state index contributed by atoms with van der Waals surface area (Å²) in [6.07, 6.45) is 1.62. The molecule has 0 aliphatic carbocycles. The molecular weight excluding hydrogens is 374 g/mol. The Morgan fingerprint density at radius 2 is 2.00 bits per heavy atom. The Labute approximate surface area is 168 Å². The van der Waals surface area contributed by atoms with Gasteiger partial charge >= 0.3 is 0 Å². The molecule has 1 saturated heterocycles. The third-order valence-corrected chi connectivity index (χ3v) is 5.63. The van der Waals surface area contributed by atoms with Gasteiger partial charge < -0.3 is 20.1 Å². The predicted molar refractivity (Wildman–Crippen MR) is 107 cm³/mol. The molecule has 2 aliphatic rings. The maximum atomic E-state index is 12.8. The average Bonchev–Trinajstić information content (AvgIpc) is 3.20. The molecule has 8 nitrogen and oxygen atoms in total. The summed E-state index contributed by atoms with van der Waals surface area (Å²) in [6, 6.07) is 11.9. The highest BCUT2D eigenvalue weighted by atomic mass is 16.6. The summed E-state index contributed by atoms with van der Waals surface area (Å²) < 4.78 is 5.49. The van der Waals surface area contributed by atoms with Crippen molar-refractivity contribution >= 4 is 17.3 Å². The second kappa shape index (κ2) is 7.71. The first-order chi connectivity index (χ1) is 14.0. The van der Waals surface area contributed by atoms with Crippen LogP contribution in [-0.4, -0.2) is 52.7 Å². The van der Waals surface area contributed by atoms with Crippen molar-refractivity contribution in [2.24, 2.45) is 0 Å². The molecule has 2 aromatic rings. The van der Waals surface area contributed by atoms with Gasteiger partial charge in [-0.1, -0.05) is 12.1 Å². The molecule has 152 valence electrons. The topological polar surface area (TPSA) is 105 Å². The number of likely N-dealkylation sites (tertiary alicyclic amines) is 1. The quantitative estimate of drug-likeness (QED) is 0.594. The monoisotopic (exact) mass is 397 g/mol. The van der Waals surface area contributed by atoms with Crippen LogP contribution in [0.5, 0.6) is 5.75 Å². The maximum absolute atomic E-state index is 12.8. The van der Waals surface area contributed by atoms with Crippen LogP contribution in [0.15, 0.2) is 42.5 Å². The zero-order valence-corrected chi connectivity index (χ0v) is 16.0. The lowest BCUT2D eigenvalue weighted by Gasteiger charge is -2.38. The smallest absolute Gasteiger partial charge is 0.292 e. The van der Waals surface area contributed by atoms with Crippen molar-refractivity contribution in [3.05, 3.63) is 63.7 Å². The van der Waals surface area contributed by atoms with Gasteiger partial charge in [0, 0.05) is 37.7 Å². The van der Waals surface area contributed by atoms with Gasteiger partial charge in [0.15, 0.2) is 0 Å². The molecular formula is C21H23N3O5. The Balaban J connectivity index is 1.36. The number of para-hydroxylation sites is 2. The van der Waals surface area contributed by atoms with E-state index in [4.69, 9.17) is 4.74 Å². The molecule has 2 aromatic carbocycles. The summed E-state index contributed by atoms with van der Waals surface area (Å²) in [6.45, 7) is 1.70. The lowest BCUT2D eigenvalue weighted by Crippen LogP contribution is -2.50. The number of piperidine rings is 1. The van der Waals surface area contributed by atoms with E-state index in [0.29, 0.717) is 43.8 Å². The predicted octanol–water partition coefficient (Wildman–Crippen LogP) is 2.61. The van der Waals surface area contributed by atoms with Crippen molar-refractivity contribution in [2.75, 3.05) is 31.6 Å². The molecule has 2 N–H and O–H groups in total. The van der Waals surface area contributed by atoms with E-state index >= 15 is 0 Å². The van der Waals surface area contributed by atoms with Gasteiger partial charge in [-0.25, -0.2) is 0 Å². The minimum atomic E-state index is -1.02. The largest absolute Gasteiger partial charge is 0.493 e. The number of nitro benzene ring substituents is 1. The number of hydrogen-bond donors (Lipinski definition) is 2. The second-order valence-corrected chi connectivity index (χ2v) is 7.57. The number of carbonyl (C=O) groups excluding carboxylic acids is 1. The number of nitrogens with zero attached hydrogens (tertiary/aromatic N) is 2. The lowest BCUT2D eigenvalue weighted by molar-refractivity contribution is -0.384. The number of ether oxygens (including phenoxy) is 1. The van der Waals surface area contributed by atoms with E-state index in [9.17, 15) is 20.0 Å². The SMILES string of the molecule is O=C(c1ccc2c(c1)CCO2)N1CCC(O)(CNc2ccccc2[N+](=O)[O-])CC1. The number of nitrogens with one attached hydrogen (secondary N) is 1. The minimum absolute atomic E-state index is 0.0238. The Bertz CT molecular complexity index is 938. The van der Waals surface area contributed by atoms with Crippen LogP contribution >= 0.6 is 0 Å². The van der Waals surface area contributed by atoms with E-state index in [1.165, 1.54) is 6.07 Å². The number of aliphatic hydroxyl groups is 1. The lowest BCUT2D eigenvalue weighted by atomic mass is 9.90. The van der Waals surface area contributed by atoms with Crippen LogP contribution in [0.2, 0.25) is 0 Å². The number of fused-ring (bicyclic) bond motifs is 1. The molecule has 2 aliphatic heterocycles. The first-order valence-corrected chi connectivity index (χ1v) is 9.70. The average molecular weight is 397 g/mol. The summed E-state index contributed by atoms with van der Waals surface area (Å²) in [5.74, 6) is 0.795. The van der Waals surface area contributed by atoms with E-state index < -0.39 is 10.5 Å². The molecule has 29 heavy (non-hydrogen) atoms. The summed E-state index contributed by atoms with van der Waals surface area (Å²) in [7, 11) is 0. The number of nitro groups is 1. The second-order valence-electron chi connectivity index (χ2n) is 7.57. The minimum Gasteiger partial charge on any atom is -0.493 e. The molecule has 8 heteroatoms. The highest BCUT2D eigenvalue weighted by molar-refractivity contribution is 5.94. The summed E-state index contributed by atoms with van der Waals surface area (Å²) in [5.41, 5.74) is 1.02. The van der Waals surface area contributed by atoms with Crippen molar-refractivity contribution in [1.29, 1.82) is 0 Å². The van der Waals surface area contributed by atoms with Crippen LogP contribution in [0.4, 0.5) is 11.4 Å². The normalized spacial score (nSPS) is 17.3. The van der Waals surface area contributed by atoms with Crippen molar-refractivity contribution in [1.82, 2.24) is 4.90 Å². The van der Waals surface area contributed by atoms with Crippen LogP contribution in [0.25, 0.3) is 0 Å². The Morgan fingerprint density at radius 3 is 2.76 bits per heavy atom. The molecule has 4 rings (SSSR count). The zero-order valence-electron chi connectivity index (χ0n) is 16.0. The van der Waals surface area contributed by atoms with Gasteiger partial charge in [-0.05, 0) is 42.7 Å². The third kappa shape index (κ3) is 4.02. The number of carbonyl (C=O) groups is 1. The van der Waals surface area contributed by atoms with Gasteiger partial charge in [-0.3, -0.25) is 14.9 Å². The van der Waals surface area contributed by atoms with Crippen molar-refractivity contribution in [3.8, 4) is 5.75 Å². The fraction of sp³-hybridized carbons (Fsp3) is 0.381. The van der Waals surface area contributed by atoms with Gasteiger partial charge in [0.1, 0.15) is 11.4 Å². The van der Waals surface area contributed by atoms with E-state index in [0.717, 1.165) is 17.7 Å². The van der Waals surface area contributed by atoms with E-state index in [-0.39, 0.29) is 18.1 Å². The number of benzene rings is 2. The van der Waals surface area contributed by atoms with Gasteiger partial charge in [-0.15, -0.1) is 0 Å². The van der Waals surface area contributed by atoms with Crippen LogP contribution in [0.3, 0.4) is 0 Å². The van der Waals surface area contributed by atoms with E-state index in [1.807, 2.05) is 12.1 Å². The Hall–Kier alpha value is -3.13. The van der Waals surface area contributed by atoms with Crippen LogP contribution < -0.4 is 10.1 Å². The Morgan fingerprint density at radius 1 is 1.24 bits per heavy atom. The fourth-order valence-corrected chi connectivity index (χ4v) is 3.85. The summed E-state index contributed by atoms with van der Waals surface area (Å²) in [5, 5.41) is 25.0. The van der Waals surface area contributed by atoms with Crippen molar-refractivity contribution in [2.45, 2.75) is 24.9 Å². The number of amides is 1. The van der Waals surface area contributed by atoms with E-state index in [2.05, 4.69) is 5.32 Å². The van der Waals surface area contributed by atoms with Gasteiger partial charge in [0.25, 0.3) is 11.6 Å². The summed E-state index contributed by atoms with van der Waals surface area (Å²) >= 11 is 0. The first-order valence-electron chi connectivity index (χ1n) is 9.70. The number of rotatable bonds is 5. The number of hydrogen-bond acceptors (Lipinski definition) is 6. The molecule has 0 atom stereocenters. The standard InChI is InChI=1S/C21H23N3O5/c25-20(16-5-6-19-15(13-16)7-12-29-19)23-10-8-21(26,9-11-23)14-22-17-3-1-2-4-18(17)24(27)28/h1-6,13,22,26H,7-12,14H2. The van der Waals surface area contributed by atoms with Crippen molar-refractivity contribution < 1.29 is 19.6 Å². The molecule has 0 aromatic heterocycles. The molecule has 0 bridgehead atoms. The first kappa shape index (κ1) is 19.2. The van der Waals surface area contributed by atoms with Crippen LogP contribution in [0, 0.1) is 10.1 Å². The maximum Gasteiger partial charge on any atom is 0.292 e. The number of anilines is 1. The zero-order chi connectivity index (χ0) is 20.4. The van der Waals surface area contributed by atoms with Gasteiger partial charge in [0.2, 0.25) is 0 Å².